The van der Waals surface area contributed by atoms with Gasteiger partial charge in [0.25, 0.3) is 5.91 Å². The predicted molar refractivity (Wildman–Crippen MR) is 152 cm³/mol. The molecule has 2 bridgehead atoms. The number of halogens is 1. The van der Waals surface area contributed by atoms with Crippen molar-refractivity contribution in [1.82, 2.24) is 15.1 Å². The maximum absolute atomic E-state index is 13.7. The number of carbonyl (C=O) groups is 1. The van der Waals surface area contributed by atoms with Gasteiger partial charge in [-0.25, -0.2) is 4.98 Å². The molecule has 1 amide bonds. The van der Waals surface area contributed by atoms with E-state index in [1.807, 2.05) is 38.1 Å². The number of benzene rings is 1. The van der Waals surface area contributed by atoms with Crippen LogP contribution in [0.15, 0.2) is 51.6 Å². The lowest BCUT2D eigenvalue weighted by molar-refractivity contribution is -0.116. The van der Waals surface area contributed by atoms with E-state index in [-0.39, 0.29) is 28.7 Å². The van der Waals surface area contributed by atoms with Crippen molar-refractivity contribution < 1.29 is 22.9 Å². The third-order valence-corrected chi connectivity index (χ3v) is 9.71. The Balaban J connectivity index is 1.25. The number of hydrogen-bond acceptors (Lipinski definition) is 7. The van der Waals surface area contributed by atoms with Crippen LogP contribution in [-0.4, -0.2) is 41.4 Å². The summed E-state index contributed by atoms with van der Waals surface area (Å²) in [7, 11) is 1.64. The Bertz CT molecular complexity index is 1410. The lowest BCUT2D eigenvalue weighted by Crippen LogP contribution is -2.51. The fourth-order valence-electron chi connectivity index (χ4n) is 6.40. The van der Waals surface area contributed by atoms with Crippen molar-refractivity contribution in [3.63, 3.8) is 0 Å². The second-order valence-electron chi connectivity index (χ2n) is 12.7. The Morgan fingerprint density at radius 2 is 1.90 bits per heavy atom. The molecule has 41 heavy (non-hydrogen) atoms. The van der Waals surface area contributed by atoms with Gasteiger partial charge in [-0.15, -0.1) is 0 Å². The van der Waals surface area contributed by atoms with Gasteiger partial charge in [0.15, 0.2) is 5.82 Å². The zero-order valence-corrected chi connectivity index (χ0v) is 24.2. The van der Waals surface area contributed by atoms with Gasteiger partial charge in [0.1, 0.15) is 17.6 Å². The highest BCUT2D eigenvalue weighted by atomic mass is 19.1. The van der Waals surface area contributed by atoms with Crippen molar-refractivity contribution in [3.8, 4) is 11.5 Å². The number of rotatable bonds is 11. The monoisotopic (exact) mass is 562 g/mol. The summed E-state index contributed by atoms with van der Waals surface area (Å²) >= 11 is 0. The number of hydrogen-bond donors (Lipinski definition) is 0. The van der Waals surface area contributed by atoms with Crippen molar-refractivity contribution in [2.75, 3.05) is 25.2 Å². The van der Waals surface area contributed by atoms with Crippen LogP contribution in [0.25, 0.3) is 11.5 Å². The number of amides is 1. The highest BCUT2D eigenvalue weighted by Gasteiger charge is 2.53. The van der Waals surface area contributed by atoms with Gasteiger partial charge in [-0.1, -0.05) is 17.8 Å². The van der Waals surface area contributed by atoms with Crippen LogP contribution in [-0.2, 0) is 20.5 Å². The number of aromatic nitrogens is 3. The van der Waals surface area contributed by atoms with Crippen molar-refractivity contribution >= 4 is 11.6 Å². The molecule has 3 aromatic rings. The second-order valence-corrected chi connectivity index (χ2v) is 12.7. The third kappa shape index (κ3) is 5.25. The van der Waals surface area contributed by atoms with E-state index in [2.05, 4.69) is 16.7 Å². The van der Waals surface area contributed by atoms with E-state index in [0.29, 0.717) is 24.0 Å². The van der Waals surface area contributed by atoms with Crippen LogP contribution in [0.4, 0.5) is 10.1 Å². The summed E-state index contributed by atoms with van der Waals surface area (Å²) in [5.74, 6) is 2.34. The molecule has 2 heterocycles. The van der Waals surface area contributed by atoms with Crippen molar-refractivity contribution in [2.24, 2.45) is 5.41 Å². The van der Waals surface area contributed by atoms with Crippen molar-refractivity contribution in [3.05, 3.63) is 60.1 Å². The molecule has 0 radical (unpaired) electrons. The molecule has 0 aliphatic heterocycles. The standard InChI is InChI=1S/C32H39FN4O4/c1-21(10-17-33)28(38)37(24-7-5-6-23(18-24)27-34-25(19-40-27)30(2,3)39-4)20-31-11-14-32(15-12-31,16-13-31)29-35-26(36-41-29)22-8-9-22/h5-7,18-19,22H,1,8-17,20H2,2-4H3. The Kier molecular flexibility index (Phi) is 7.12. The Morgan fingerprint density at radius 1 is 1.17 bits per heavy atom. The van der Waals surface area contributed by atoms with Crippen LogP contribution in [0.5, 0.6) is 0 Å². The molecule has 4 aliphatic carbocycles. The minimum atomic E-state index is -0.618. The van der Waals surface area contributed by atoms with E-state index in [4.69, 9.17) is 18.7 Å². The normalized spacial score (nSPS) is 24.0. The van der Waals surface area contributed by atoms with E-state index >= 15 is 0 Å². The molecule has 4 saturated carbocycles. The van der Waals surface area contributed by atoms with Gasteiger partial charge in [0.2, 0.25) is 11.8 Å². The molecule has 4 fully saturated rings. The minimum absolute atomic E-state index is 0.0147. The van der Waals surface area contributed by atoms with E-state index in [9.17, 15) is 9.18 Å². The molecule has 0 N–H and O–H groups in total. The molecule has 2 aromatic heterocycles. The minimum Gasteiger partial charge on any atom is -0.444 e. The summed E-state index contributed by atoms with van der Waals surface area (Å²) in [6, 6.07) is 7.63. The average Bonchev–Trinajstić information content (AvgIpc) is 3.49. The molecule has 1 aromatic carbocycles. The summed E-state index contributed by atoms with van der Waals surface area (Å²) in [5.41, 5.74) is 1.73. The lowest BCUT2D eigenvalue weighted by Gasteiger charge is -2.53. The van der Waals surface area contributed by atoms with E-state index < -0.39 is 12.3 Å². The summed E-state index contributed by atoms with van der Waals surface area (Å²) in [6.45, 7) is 7.71. The first-order valence-corrected chi connectivity index (χ1v) is 14.7. The van der Waals surface area contributed by atoms with Crippen molar-refractivity contribution in [2.45, 2.75) is 88.6 Å². The summed E-state index contributed by atoms with van der Waals surface area (Å²) in [4.78, 5) is 25.0. The van der Waals surface area contributed by atoms with Gasteiger partial charge in [-0.2, -0.15) is 4.98 Å². The SMILES string of the molecule is C=C(CCF)C(=O)N(CC12CCC(c3nc(C4CC4)no3)(CC1)CC2)c1cccc(-c2nc(C(C)(C)OC)co2)c1. The first kappa shape index (κ1) is 27.8. The molecule has 0 spiro atoms. The maximum atomic E-state index is 13.7. The Morgan fingerprint density at radius 3 is 2.56 bits per heavy atom. The fraction of sp³-hybridized carbons (Fsp3) is 0.562. The van der Waals surface area contributed by atoms with Crippen LogP contribution >= 0.6 is 0 Å². The molecular weight excluding hydrogens is 523 g/mol. The zero-order valence-electron chi connectivity index (χ0n) is 24.2. The molecule has 8 nitrogen and oxygen atoms in total. The van der Waals surface area contributed by atoms with Crippen LogP contribution in [0.1, 0.15) is 95.0 Å². The number of alkyl halides is 1. The second kappa shape index (κ2) is 10.5. The van der Waals surface area contributed by atoms with Gasteiger partial charge >= 0.3 is 0 Å². The zero-order chi connectivity index (χ0) is 28.8. The van der Waals surface area contributed by atoms with E-state index in [1.54, 1.807) is 18.3 Å². The van der Waals surface area contributed by atoms with Gasteiger partial charge in [-0.3, -0.25) is 9.18 Å². The summed E-state index contributed by atoms with van der Waals surface area (Å²) in [5, 5.41) is 4.28. The largest absolute Gasteiger partial charge is 0.444 e. The number of fused-ring (bicyclic) bond motifs is 3. The van der Waals surface area contributed by atoms with E-state index in [0.717, 1.165) is 74.3 Å². The van der Waals surface area contributed by atoms with Gasteiger partial charge in [0.05, 0.1) is 6.67 Å². The molecular formula is C32H39FN4O4. The van der Waals surface area contributed by atoms with Gasteiger partial charge in [-0.05, 0) is 88.8 Å². The first-order valence-electron chi connectivity index (χ1n) is 14.7. The predicted octanol–water partition coefficient (Wildman–Crippen LogP) is 7.02. The number of nitrogens with zero attached hydrogens (tertiary/aromatic N) is 4. The number of oxazole rings is 1. The Labute approximate surface area is 240 Å². The van der Waals surface area contributed by atoms with Crippen LogP contribution in [0, 0.1) is 5.41 Å². The topological polar surface area (TPSA) is 94.5 Å². The number of ether oxygens (including phenoxy) is 1. The van der Waals surface area contributed by atoms with Crippen molar-refractivity contribution in [1.29, 1.82) is 0 Å². The number of methoxy groups -OCH3 is 1. The van der Waals surface area contributed by atoms with Gasteiger partial charge < -0.3 is 18.6 Å². The first-order chi connectivity index (χ1) is 19.7. The number of carbonyl (C=O) groups excluding carboxylic acids is 1. The molecule has 4 aliphatic rings. The molecule has 0 atom stereocenters. The quantitative estimate of drug-likeness (QED) is 0.232. The highest BCUT2D eigenvalue weighted by molar-refractivity contribution is 6.05. The molecule has 218 valence electrons. The van der Waals surface area contributed by atoms with Crippen LogP contribution in [0.2, 0.25) is 0 Å². The fourth-order valence-corrected chi connectivity index (χ4v) is 6.40. The van der Waals surface area contributed by atoms with Crippen LogP contribution < -0.4 is 4.90 Å². The number of anilines is 1. The average molecular weight is 563 g/mol. The van der Waals surface area contributed by atoms with E-state index in [1.165, 1.54) is 0 Å². The van der Waals surface area contributed by atoms with Gasteiger partial charge in [0, 0.05) is 48.2 Å². The molecule has 0 unspecified atom stereocenters. The Hall–Kier alpha value is -3.33. The summed E-state index contributed by atoms with van der Waals surface area (Å²) in [6.07, 6.45) is 9.67. The third-order valence-electron chi connectivity index (χ3n) is 9.71. The highest BCUT2D eigenvalue weighted by Crippen LogP contribution is 2.58. The van der Waals surface area contributed by atoms with Crippen LogP contribution in [0.3, 0.4) is 0 Å². The summed E-state index contributed by atoms with van der Waals surface area (Å²) < 4.78 is 30.4. The lowest BCUT2D eigenvalue weighted by atomic mass is 9.53. The molecule has 0 saturated heterocycles. The molecule has 9 heteroatoms. The molecule has 7 rings (SSSR count). The smallest absolute Gasteiger partial charge is 0.253 e. The maximum Gasteiger partial charge on any atom is 0.253 e.